The molecule has 0 spiro atoms. The second-order valence-corrected chi connectivity index (χ2v) is 6.08. The van der Waals surface area contributed by atoms with Crippen molar-refractivity contribution in [3.8, 4) is 0 Å². The Morgan fingerprint density at radius 1 is 1.39 bits per heavy atom. The molecule has 1 aliphatic rings. The van der Waals surface area contributed by atoms with Crippen LogP contribution in [0.2, 0.25) is 0 Å². The molecule has 3 heteroatoms. The van der Waals surface area contributed by atoms with Crippen LogP contribution < -0.4 is 5.32 Å². The lowest BCUT2D eigenvalue weighted by Crippen LogP contribution is -2.32. The summed E-state index contributed by atoms with van der Waals surface area (Å²) in [5.41, 5.74) is 1.42. The highest BCUT2D eigenvalue weighted by Gasteiger charge is 2.27. The third-order valence-electron chi connectivity index (χ3n) is 4.11. The molecule has 0 saturated heterocycles. The van der Waals surface area contributed by atoms with Crippen LogP contribution in [0.1, 0.15) is 51.1 Å². The van der Waals surface area contributed by atoms with Gasteiger partial charge >= 0.3 is 0 Å². The van der Waals surface area contributed by atoms with Gasteiger partial charge in [0.2, 0.25) is 0 Å². The SMILES string of the molecule is CC(C)CNCC1CCCCC1c1ccnn1C. The monoisotopic (exact) mass is 249 g/mol. The van der Waals surface area contributed by atoms with E-state index in [0.29, 0.717) is 5.92 Å². The maximum absolute atomic E-state index is 4.33. The number of rotatable bonds is 5. The van der Waals surface area contributed by atoms with E-state index in [2.05, 4.69) is 42.1 Å². The van der Waals surface area contributed by atoms with Gasteiger partial charge in [-0.3, -0.25) is 4.68 Å². The highest BCUT2D eigenvalue weighted by molar-refractivity contribution is 5.10. The molecule has 102 valence electrons. The lowest BCUT2D eigenvalue weighted by molar-refractivity contribution is 0.282. The Kier molecular flexibility index (Phi) is 4.81. The van der Waals surface area contributed by atoms with Gasteiger partial charge in [-0.05, 0) is 43.8 Å². The number of hydrogen-bond acceptors (Lipinski definition) is 2. The molecule has 0 aromatic carbocycles. The van der Waals surface area contributed by atoms with Gasteiger partial charge in [-0.1, -0.05) is 26.7 Å². The molecule has 18 heavy (non-hydrogen) atoms. The Morgan fingerprint density at radius 2 is 2.17 bits per heavy atom. The van der Waals surface area contributed by atoms with Crippen LogP contribution in [0.25, 0.3) is 0 Å². The Bertz CT molecular complexity index is 356. The summed E-state index contributed by atoms with van der Waals surface area (Å²) in [5.74, 6) is 2.22. The van der Waals surface area contributed by atoms with E-state index < -0.39 is 0 Å². The zero-order valence-corrected chi connectivity index (χ0v) is 12.0. The van der Waals surface area contributed by atoms with E-state index in [1.807, 2.05) is 6.20 Å². The second kappa shape index (κ2) is 6.37. The molecule has 0 aliphatic heterocycles. The Balaban J connectivity index is 1.96. The van der Waals surface area contributed by atoms with Crippen molar-refractivity contribution in [2.75, 3.05) is 13.1 Å². The lowest BCUT2D eigenvalue weighted by Gasteiger charge is -2.32. The Hall–Kier alpha value is -0.830. The fourth-order valence-corrected chi connectivity index (χ4v) is 3.15. The number of aromatic nitrogens is 2. The van der Waals surface area contributed by atoms with Crippen molar-refractivity contribution in [3.05, 3.63) is 18.0 Å². The number of nitrogens with zero attached hydrogens (tertiary/aromatic N) is 2. The van der Waals surface area contributed by atoms with Gasteiger partial charge in [-0.2, -0.15) is 5.10 Å². The highest BCUT2D eigenvalue weighted by atomic mass is 15.3. The van der Waals surface area contributed by atoms with Crippen molar-refractivity contribution in [1.82, 2.24) is 15.1 Å². The first-order valence-corrected chi connectivity index (χ1v) is 7.37. The zero-order valence-electron chi connectivity index (χ0n) is 12.0. The van der Waals surface area contributed by atoms with E-state index >= 15 is 0 Å². The predicted octanol–water partition coefficient (Wildman–Crippen LogP) is 2.94. The summed E-state index contributed by atoms with van der Waals surface area (Å²) in [6.45, 7) is 6.83. The van der Waals surface area contributed by atoms with Gasteiger partial charge in [-0.25, -0.2) is 0 Å². The lowest BCUT2D eigenvalue weighted by atomic mass is 9.77. The van der Waals surface area contributed by atoms with E-state index in [0.717, 1.165) is 24.9 Å². The number of nitrogens with one attached hydrogen (secondary N) is 1. The third kappa shape index (κ3) is 3.35. The summed E-state index contributed by atoms with van der Waals surface area (Å²) in [6, 6.07) is 2.20. The van der Waals surface area contributed by atoms with Crippen molar-refractivity contribution in [2.24, 2.45) is 18.9 Å². The summed E-state index contributed by atoms with van der Waals surface area (Å²) < 4.78 is 2.06. The minimum atomic E-state index is 0.700. The molecular weight excluding hydrogens is 222 g/mol. The van der Waals surface area contributed by atoms with Crippen LogP contribution in [-0.4, -0.2) is 22.9 Å². The molecule has 2 unspecified atom stereocenters. The van der Waals surface area contributed by atoms with Crippen molar-refractivity contribution in [2.45, 2.75) is 45.4 Å². The van der Waals surface area contributed by atoms with Crippen LogP contribution in [0.4, 0.5) is 0 Å². The van der Waals surface area contributed by atoms with Gasteiger partial charge < -0.3 is 5.32 Å². The van der Waals surface area contributed by atoms with Crippen molar-refractivity contribution in [3.63, 3.8) is 0 Å². The first-order chi connectivity index (χ1) is 8.68. The molecule has 2 rings (SSSR count). The fourth-order valence-electron chi connectivity index (χ4n) is 3.15. The Morgan fingerprint density at radius 3 is 2.83 bits per heavy atom. The van der Waals surface area contributed by atoms with Crippen molar-refractivity contribution in [1.29, 1.82) is 0 Å². The molecule has 1 aliphatic carbocycles. The first-order valence-electron chi connectivity index (χ1n) is 7.37. The smallest absolute Gasteiger partial charge is 0.0492 e. The van der Waals surface area contributed by atoms with Crippen LogP contribution in [0, 0.1) is 11.8 Å². The zero-order chi connectivity index (χ0) is 13.0. The van der Waals surface area contributed by atoms with Crippen molar-refractivity contribution >= 4 is 0 Å². The molecule has 1 heterocycles. The average molecular weight is 249 g/mol. The highest BCUT2D eigenvalue weighted by Crippen LogP contribution is 2.37. The van der Waals surface area contributed by atoms with Crippen LogP contribution >= 0.6 is 0 Å². The molecule has 3 nitrogen and oxygen atoms in total. The van der Waals surface area contributed by atoms with E-state index in [-0.39, 0.29) is 0 Å². The topological polar surface area (TPSA) is 29.9 Å². The molecule has 1 fully saturated rings. The molecule has 0 bridgehead atoms. The van der Waals surface area contributed by atoms with Gasteiger partial charge in [0.1, 0.15) is 0 Å². The summed E-state index contributed by atoms with van der Waals surface area (Å²) in [6.07, 6.45) is 7.38. The molecule has 1 saturated carbocycles. The molecule has 1 aromatic rings. The minimum absolute atomic E-state index is 0.700. The number of hydrogen-bond donors (Lipinski definition) is 1. The molecule has 2 atom stereocenters. The number of aryl methyl sites for hydroxylation is 1. The van der Waals surface area contributed by atoms with Gasteiger partial charge in [-0.15, -0.1) is 0 Å². The largest absolute Gasteiger partial charge is 0.316 e. The maximum Gasteiger partial charge on any atom is 0.0492 e. The first kappa shape index (κ1) is 13.6. The molecule has 1 aromatic heterocycles. The van der Waals surface area contributed by atoms with Crippen LogP contribution in [-0.2, 0) is 7.05 Å². The van der Waals surface area contributed by atoms with E-state index in [1.54, 1.807) is 0 Å². The van der Waals surface area contributed by atoms with Crippen LogP contribution in [0.5, 0.6) is 0 Å². The van der Waals surface area contributed by atoms with Crippen LogP contribution in [0.3, 0.4) is 0 Å². The molecular formula is C15H27N3. The second-order valence-electron chi connectivity index (χ2n) is 6.08. The normalized spacial score (nSPS) is 24.7. The van der Waals surface area contributed by atoms with Gasteiger partial charge in [0, 0.05) is 24.9 Å². The van der Waals surface area contributed by atoms with Gasteiger partial charge in [0.25, 0.3) is 0 Å². The summed E-state index contributed by atoms with van der Waals surface area (Å²) >= 11 is 0. The standard InChI is InChI=1S/C15H27N3/c1-12(2)10-16-11-13-6-4-5-7-14(13)15-8-9-17-18(15)3/h8-9,12-14,16H,4-7,10-11H2,1-3H3. The summed E-state index contributed by atoms with van der Waals surface area (Å²) in [4.78, 5) is 0. The molecule has 1 N–H and O–H groups in total. The minimum Gasteiger partial charge on any atom is -0.316 e. The van der Waals surface area contributed by atoms with Gasteiger partial charge in [0.15, 0.2) is 0 Å². The molecule has 0 amide bonds. The predicted molar refractivity (Wildman–Crippen MR) is 75.6 cm³/mol. The molecule has 0 radical (unpaired) electrons. The average Bonchev–Trinajstić information content (AvgIpc) is 2.76. The summed E-state index contributed by atoms with van der Waals surface area (Å²) in [5, 5.41) is 7.97. The van der Waals surface area contributed by atoms with E-state index in [9.17, 15) is 0 Å². The third-order valence-corrected chi connectivity index (χ3v) is 4.11. The Labute approximate surface area is 111 Å². The quantitative estimate of drug-likeness (QED) is 0.869. The van der Waals surface area contributed by atoms with Crippen LogP contribution in [0.15, 0.2) is 12.3 Å². The van der Waals surface area contributed by atoms with Gasteiger partial charge in [0.05, 0.1) is 0 Å². The van der Waals surface area contributed by atoms with E-state index in [4.69, 9.17) is 0 Å². The van der Waals surface area contributed by atoms with Crippen molar-refractivity contribution < 1.29 is 0 Å². The fraction of sp³-hybridized carbons (Fsp3) is 0.800. The maximum atomic E-state index is 4.33. The van der Waals surface area contributed by atoms with E-state index in [1.165, 1.54) is 31.4 Å². The summed E-state index contributed by atoms with van der Waals surface area (Å²) in [7, 11) is 2.07.